The topological polar surface area (TPSA) is 118 Å². The highest BCUT2D eigenvalue weighted by Crippen LogP contribution is 2.53. The number of nitrogens with zero attached hydrogens (tertiary/aromatic N) is 1. The van der Waals surface area contributed by atoms with E-state index in [1.807, 2.05) is 45.9 Å². The van der Waals surface area contributed by atoms with Gasteiger partial charge in [0.2, 0.25) is 0 Å². The lowest BCUT2D eigenvalue weighted by atomic mass is 9.53. The van der Waals surface area contributed by atoms with Gasteiger partial charge in [0.15, 0.2) is 0 Å². The highest BCUT2D eigenvalue weighted by Gasteiger charge is 2.62. The van der Waals surface area contributed by atoms with Crippen molar-refractivity contribution in [1.82, 2.24) is 9.88 Å². The highest BCUT2D eigenvalue weighted by atomic mass is 16.6. The molecule has 1 aliphatic heterocycles. The number of carbonyl (C=O) groups excluding carboxylic acids is 2. The van der Waals surface area contributed by atoms with Crippen LogP contribution in [0.1, 0.15) is 80.7 Å². The molecule has 3 unspecified atom stereocenters. The van der Waals surface area contributed by atoms with E-state index in [9.17, 15) is 19.5 Å². The van der Waals surface area contributed by atoms with E-state index in [0.717, 1.165) is 11.1 Å². The van der Waals surface area contributed by atoms with Crippen LogP contribution >= 0.6 is 0 Å². The van der Waals surface area contributed by atoms with Crippen molar-refractivity contribution in [2.75, 3.05) is 20.8 Å². The molecule has 1 amide bonds. The summed E-state index contributed by atoms with van der Waals surface area (Å²) < 4.78 is 16.0. The molecule has 1 aliphatic carbocycles. The normalized spacial score (nSPS) is 23.9. The number of hydrogen-bond acceptors (Lipinski definition) is 7. The van der Waals surface area contributed by atoms with Crippen LogP contribution in [-0.4, -0.2) is 65.1 Å². The molecule has 0 bridgehead atoms. The minimum Gasteiger partial charge on any atom is -0.497 e. The van der Waals surface area contributed by atoms with E-state index in [4.69, 9.17) is 14.2 Å². The van der Waals surface area contributed by atoms with E-state index in [2.05, 4.69) is 4.98 Å². The predicted octanol–water partition coefficient (Wildman–Crippen LogP) is 4.30. The van der Waals surface area contributed by atoms with Gasteiger partial charge in [-0.1, -0.05) is 19.9 Å². The minimum atomic E-state index is -1.45. The Morgan fingerprint density at radius 2 is 1.79 bits per heavy atom. The van der Waals surface area contributed by atoms with Crippen LogP contribution in [0.15, 0.2) is 29.1 Å². The summed E-state index contributed by atoms with van der Waals surface area (Å²) in [5.74, 6) is -0.0940. The molecule has 1 fully saturated rings. The summed E-state index contributed by atoms with van der Waals surface area (Å²) in [5.41, 5.74) is -0.479. The molecule has 2 N–H and O–H groups in total. The van der Waals surface area contributed by atoms with Crippen LogP contribution in [0.3, 0.4) is 0 Å². The van der Waals surface area contributed by atoms with Gasteiger partial charge in [-0.25, -0.2) is 9.59 Å². The summed E-state index contributed by atoms with van der Waals surface area (Å²) in [6.07, 6.45) is 0.365. The molecule has 2 aromatic rings. The fourth-order valence-corrected chi connectivity index (χ4v) is 5.99. The summed E-state index contributed by atoms with van der Waals surface area (Å²) in [6, 6.07) is 6.62. The van der Waals surface area contributed by atoms with Crippen molar-refractivity contribution in [1.29, 1.82) is 0 Å². The number of aromatic nitrogens is 1. The van der Waals surface area contributed by atoms with Crippen molar-refractivity contribution >= 4 is 12.1 Å². The number of piperidine rings is 1. The molecule has 0 spiro atoms. The number of ether oxygens (including phenoxy) is 3. The number of methoxy groups -OCH3 is 2. The molecule has 39 heavy (non-hydrogen) atoms. The van der Waals surface area contributed by atoms with Crippen LogP contribution in [0.2, 0.25) is 0 Å². The Bertz CT molecular complexity index is 1300. The maximum atomic E-state index is 13.2. The van der Waals surface area contributed by atoms with Gasteiger partial charge in [-0.05, 0) is 75.9 Å². The van der Waals surface area contributed by atoms with Crippen LogP contribution in [0.5, 0.6) is 5.75 Å². The van der Waals surface area contributed by atoms with Crippen molar-refractivity contribution in [2.24, 2.45) is 0 Å². The molecular formula is C30H42N2O7. The second kappa shape index (κ2) is 11.0. The van der Waals surface area contributed by atoms with Crippen molar-refractivity contribution < 1.29 is 28.9 Å². The van der Waals surface area contributed by atoms with Gasteiger partial charge < -0.3 is 29.2 Å². The average molecular weight is 543 g/mol. The molecule has 214 valence electrons. The zero-order valence-corrected chi connectivity index (χ0v) is 24.6. The summed E-state index contributed by atoms with van der Waals surface area (Å²) in [7, 11) is 2.81. The first-order valence-corrected chi connectivity index (χ1v) is 13.5. The zero-order valence-electron chi connectivity index (χ0n) is 24.6. The lowest BCUT2D eigenvalue weighted by Crippen LogP contribution is -2.72. The second-order valence-electron chi connectivity index (χ2n) is 11.1. The molecule has 3 atom stereocenters. The number of aromatic amines is 1. The number of pyridine rings is 1. The average Bonchev–Trinajstić information content (AvgIpc) is 2.88. The predicted molar refractivity (Wildman–Crippen MR) is 149 cm³/mol. The van der Waals surface area contributed by atoms with Crippen molar-refractivity contribution in [3.63, 3.8) is 0 Å². The molecule has 4 rings (SSSR count). The third-order valence-electron chi connectivity index (χ3n) is 7.91. The van der Waals surface area contributed by atoms with Gasteiger partial charge in [0.1, 0.15) is 16.9 Å². The minimum absolute atomic E-state index is 0.111. The van der Waals surface area contributed by atoms with E-state index < -0.39 is 40.3 Å². The van der Waals surface area contributed by atoms with E-state index in [1.165, 1.54) is 13.2 Å². The number of aryl methyl sites for hydroxylation is 1. The highest BCUT2D eigenvalue weighted by molar-refractivity contribution is 5.89. The molecule has 2 aliphatic rings. The first-order valence-electron chi connectivity index (χ1n) is 13.5. The van der Waals surface area contributed by atoms with Gasteiger partial charge in [-0.3, -0.25) is 4.79 Å². The number of H-pyrrole nitrogens is 1. The third kappa shape index (κ3) is 5.29. The van der Waals surface area contributed by atoms with Crippen molar-refractivity contribution in [3.05, 3.63) is 62.6 Å². The lowest BCUT2D eigenvalue weighted by molar-refractivity contribution is -0.136. The van der Waals surface area contributed by atoms with Gasteiger partial charge in [0, 0.05) is 30.5 Å². The standard InChI is InChI=1S/C28H36N2O7.C2H6/c1-16-8-9-19(35-6)13-21(16)27-10-11-30(25(33)37-26(3,4)5)17(2)28(27,34)14-18-12-20(24(32)36-7)23(31)29-22(18)15-27;1-2/h8-9,12-13,17,34H,10-11,14-15H2,1-7H3,(H,29,31);1-2H3. The van der Waals surface area contributed by atoms with Crippen LogP contribution in [0.4, 0.5) is 4.79 Å². The smallest absolute Gasteiger partial charge is 0.410 e. The number of rotatable bonds is 3. The van der Waals surface area contributed by atoms with Gasteiger partial charge in [0.25, 0.3) is 5.56 Å². The monoisotopic (exact) mass is 542 g/mol. The molecule has 1 aromatic heterocycles. The molecule has 0 saturated carbocycles. The molecule has 9 heteroatoms. The first-order chi connectivity index (χ1) is 18.3. The van der Waals surface area contributed by atoms with Crippen molar-refractivity contribution in [3.8, 4) is 5.75 Å². The van der Waals surface area contributed by atoms with Crippen LogP contribution in [-0.2, 0) is 27.7 Å². The summed E-state index contributed by atoms with van der Waals surface area (Å²) in [6.45, 7) is 13.6. The maximum Gasteiger partial charge on any atom is 0.410 e. The Hall–Kier alpha value is -3.33. The van der Waals surface area contributed by atoms with Gasteiger partial charge in [-0.15, -0.1) is 0 Å². The van der Waals surface area contributed by atoms with Crippen LogP contribution in [0, 0.1) is 6.92 Å². The van der Waals surface area contributed by atoms with E-state index in [1.54, 1.807) is 32.8 Å². The number of likely N-dealkylation sites (tertiary alicyclic amines) is 1. The Morgan fingerprint density at radius 3 is 2.38 bits per heavy atom. The molecule has 0 radical (unpaired) electrons. The summed E-state index contributed by atoms with van der Waals surface area (Å²) in [4.78, 5) is 42.6. The van der Waals surface area contributed by atoms with E-state index >= 15 is 0 Å². The van der Waals surface area contributed by atoms with Crippen LogP contribution < -0.4 is 10.3 Å². The molecule has 1 aromatic carbocycles. The Labute approximate surface area is 230 Å². The molecule has 2 heterocycles. The number of esters is 1. The quantitative estimate of drug-likeness (QED) is 0.555. The van der Waals surface area contributed by atoms with Crippen LogP contribution in [0.25, 0.3) is 0 Å². The fourth-order valence-electron chi connectivity index (χ4n) is 5.99. The van der Waals surface area contributed by atoms with Gasteiger partial charge >= 0.3 is 12.1 Å². The molecule has 1 saturated heterocycles. The Morgan fingerprint density at radius 1 is 1.13 bits per heavy atom. The van der Waals surface area contributed by atoms with Crippen molar-refractivity contribution in [2.45, 2.75) is 90.4 Å². The Balaban J connectivity index is 0.00000205. The number of nitrogens with one attached hydrogen (secondary N) is 1. The van der Waals surface area contributed by atoms with Gasteiger partial charge in [-0.2, -0.15) is 0 Å². The second-order valence-corrected chi connectivity index (χ2v) is 11.1. The number of hydrogen-bond donors (Lipinski definition) is 2. The number of benzene rings is 1. The Kier molecular flexibility index (Phi) is 8.55. The molecule has 9 nitrogen and oxygen atoms in total. The van der Waals surface area contributed by atoms with E-state index in [-0.39, 0.29) is 12.0 Å². The largest absolute Gasteiger partial charge is 0.497 e. The fraction of sp³-hybridized carbons (Fsp3) is 0.567. The number of fused-ring (bicyclic) bond motifs is 2. The maximum absolute atomic E-state index is 13.2. The zero-order chi connectivity index (χ0) is 29.3. The van der Waals surface area contributed by atoms with E-state index in [0.29, 0.717) is 36.4 Å². The number of amides is 1. The summed E-state index contributed by atoms with van der Waals surface area (Å²) in [5, 5.41) is 12.7. The SMILES string of the molecule is CC.COC(=O)c1cc2c([nH]c1=O)CC1(c3cc(OC)ccc3C)CCN(C(=O)OC(C)(C)C)C(C)C1(O)C2. The first kappa shape index (κ1) is 30.2. The van der Waals surface area contributed by atoms with Gasteiger partial charge in [0.05, 0.1) is 25.9 Å². The summed E-state index contributed by atoms with van der Waals surface area (Å²) >= 11 is 0. The number of aliphatic hydroxyl groups is 1. The number of carbonyl (C=O) groups is 2. The molecular weight excluding hydrogens is 500 g/mol. The lowest BCUT2D eigenvalue weighted by Gasteiger charge is -2.60. The third-order valence-corrected chi connectivity index (χ3v) is 7.91.